The number of halogens is 1. The first kappa shape index (κ1) is 16.4. The summed E-state index contributed by atoms with van der Waals surface area (Å²) in [5.74, 6) is 0.808. The molecule has 2 rings (SSSR count). The molecule has 1 N–H and O–H groups in total. The van der Waals surface area contributed by atoms with Gasteiger partial charge in [-0.15, -0.1) is 0 Å². The monoisotopic (exact) mass is 362 g/mol. The zero-order valence-electron chi connectivity index (χ0n) is 12.7. The predicted octanol–water partition coefficient (Wildman–Crippen LogP) is 3.53. The number of nitrogens with one attached hydrogen (secondary N) is 1. The molecule has 0 aliphatic heterocycles. The van der Waals surface area contributed by atoms with E-state index >= 15 is 0 Å². The molecule has 1 amide bonds. The highest BCUT2D eigenvalue weighted by Gasteiger charge is 2.12. The number of benzene rings is 2. The molecule has 22 heavy (non-hydrogen) atoms. The first-order chi connectivity index (χ1) is 10.6. The van der Waals surface area contributed by atoms with Gasteiger partial charge in [0.25, 0.3) is 0 Å². The summed E-state index contributed by atoms with van der Waals surface area (Å²) in [7, 11) is 3.42. The summed E-state index contributed by atoms with van der Waals surface area (Å²) < 4.78 is 6.25. The van der Waals surface area contributed by atoms with Gasteiger partial charge in [-0.25, -0.2) is 0 Å². The van der Waals surface area contributed by atoms with Crippen molar-refractivity contribution < 1.29 is 9.53 Å². The normalized spacial score (nSPS) is 10.1. The lowest BCUT2D eigenvalue weighted by molar-refractivity contribution is -0.128. The van der Waals surface area contributed by atoms with E-state index in [1.54, 1.807) is 19.1 Å². The Morgan fingerprint density at radius 2 is 1.86 bits per heavy atom. The fourth-order valence-corrected chi connectivity index (χ4v) is 2.51. The van der Waals surface area contributed by atoms with Crippen molar-refractivity contribution in [1.29, 1.82) is 0 Å². The molecule has 0 saturated heterocycles. The van der Waals surface area contributed by atoms with Crippen LogP contribution in [0.2, 0.25) is 0 Å². The molecule has 0 aliphatic rings. The number of methoxy groups -OCH3 is 1. The molecule has 0 spiro atoms. The second-order valence-corrected chi connectivity index (χ2v) is 5.75. The number of carbonyl (C=O) groups is 1. The van der Waals surface area contributed by atoms with Crippen molar-refractivity contribution in [3.63, 3.8) is 0 Å². The highest BCUT2D eigenvalue weighted by molar-refractivity contribution is 9.10. The highest BCUT2D eigenvalue weighted by Crippen LogP contribution is 2.21. The first-order valence-electron chi connectivity index (χ1n) is 6.96. The summed E-state index contributed by atoms with van der Waals surface area (Å²) in [5, 5.41) is 3.14. The predicted molar refractivity (Wildman–Crippen MR) is 92.1 cm³/mol. The van der Waals surface area contributed by atoms with Crippen molar-refractivity contribution in [2.75, 3.05) is 26.0 Å². The molecule has 2 aromatic rings. The Bertz CT molecular complexity index is 646. The summed E-state index contributed by atoms with van der Waals surface area (Å²) >= 11 is 3.45. The van der Waals surface area contributed by atoms with E-state index < -0.39 is 0 Å². The van der Waals surface area contributed by atoms with Crippen LogP contribution in [-0.4, -0.2) is 31.5 Å². The summed E-state index contributed by atoms with van der Waals surface area (Å²) in [6.45, 7) is 0.759. The lowest BCUT2D eigenvalue weighted by Gasteiger charge is -2.19. The Labute approximate surface area is 139 Å². The molecule has 0 radical (unpaired) electrons. The average molecular weight is 363 g/mol. The van der Waals surface area contributed by atoms with Gasteiger partial charge in [0.15, 0.2) is 0 Å². The SMILES string of the molecule is COc1ccccc1CN(C)C(=O)CNc1ccccc1Br. The van der Waals surface area contributed by atoms with Gasteiger partial charge in [0, 0.05) is 29.3 Å². The van der Waals surface area contributed by atoms with E-state index in [1.165, 1.54) is 0 Å². The van der Waals surface area contributed by atoms with E-state index in [0.717, 1.165) is 21.5 Å². The molecule has 4 nitrogen and oxygen atoms in total. The van der Waals surface area contributed by atoms with Crippen molar-refractivity contribution in [2.24, 2.45) is 0 Å². The van der Waals surface area contributed by atoms with Crippen LogP contribution in [-0.2, 0) is 11.3 Å². The summed E-state index contributed by atoms with van der Waals surface area (Å²) in [5.41, 5.74) is 1.89. The van der Waals surface area contributed by atoms with Crippen molar-refractivity contribution in [3.8, 4) is 5.75 Å². The molecule has 5 heteroatoms. The van der Waals surface area contributed by atoms with Crippen LogP contribution in [0.25, 0.3) is 0 Å². The second-order valence-electron chi connectivity index (χ2n) is 4.90. The lowest BCUT2D eigenvalue weighted by Crippen LogP contribution is -2.31. The zero-order chi connectivity index (χ0) is 15.9. The molecular weight excluding hydrogens is 344 g/mol. The number of carbonyl (C=O) groups excluding carboxylic acids is 1. The number of anilines is 1. The smallest absolute Gasteiger partial charge is 0.241 e. The third-order valence-electron chi connectivity index (χ3n) is 3.33. The van der Waals surface area contributed by atoms with Crippen molar-refractivity contribution in [2.45, 2.75) is 6.54 Å². The van der Waals surface area contributed by atoms with Crippen molar-refractivity contribution in [3.05, 3.63) is 58.6 Å². The standard InChI is InChI=1S/C17H19BrN2O2/c1-20(12-13-7-3-6-10-16(13)22-2)17(21)11-19-15-9-5-4-8-14(15)18/h3-10,19H,11-12H2,1-2H3. The maximum absolute atomic E-state index is 12.2. The van der Waals surface area contributed by atoms with E-state index in [2.05, 4.69) is 21.2 Å². The van der Waals surface area contributed by atoms with Gasteiger partial charge in [-0.1, -0.05) is 30.3 Å². The second kappa shape index (κ2) is 7.84. The molecule has 116 valence electrons. The number of likely N-dealkylation sites (N-methyl/N-ethyl adjacent to an activating group) is 1. The summed E-state index contributed by atoms with van der Waals surface area (Å²) in [6, 6.07) is 15.4. The maximum Gasteiger partial charge on any atom is 0.241 e. The number of amides is 1. The molecule has 0 aromatic heterocycles. The number of ether oxygens (including phenoxy) is 1. The minimum atomic E-state index is 0.0154. The van der Waals surface area contributed by atoms with Crippen LogP contribution in [0.1, 0.15) is 5.56 Å². The van der Waals surface area contributed by atoms with E-state index in [1.807, 2.05) is 48.5 Å². The molecule has 0 unspecified atom stereocenters. The highest BCUT2D eigenvalue weighted by atomic mass is 79.9. The van der Waals surface area contributed by atoms with E-state index in [0.29, 0.717) is 6.54 Å². The molecular formula is C17H19BrN2O2. The lowest BCUT2D eigenvalue weighted by atomic mass is 10.2. The fraction of sp³-hybridized carbons (Fsp3) is 0.235. The molecule has 2 aromatic carbocycles. The van der Waals surface area contributed by atoms with Gasteiger partial charge < -0.3 is 15.0 Å². The van der Waals surface area contributed by atoms with E-state index in [4.69, 9.17) is 4.74 Å². The third-order valence-corrected chi connectivity index (χ3v) is 4.02. The Morgan fingerprint density at radius 3 is 2.59 bits per heavy atom. The Morgan fingerprint density at radius 1 is 1.18 bits per heavy atom. The van der Waals surface area contributed by atoms with Crippen molar-refractivity contribution >= 4 is 27.5 Å². The quantitative estimate of drug-likeness (QED) is 0.854. The van der Waals surface area contributed by atoms with Crippen LogP contribution in [0.4, 0.5) is 5.69 Å². The Kier molecular flexibility index (Phi) is 5.83. The van der Waals surface area contributed by atoms with Gasteiger partial charge in [0.2, 0.25) is 5.91 Å². The molecule has 0 aliphatic carbocycles. The van der Waals surface area contributed by atoms with Crippen LogP contribution < -0.4 is 10.1 Å². The van der Waals surface area contributed by atoms with Crippen LogP contribution in [0, 0.1) is 0 Å². The fourth-order valence-electron chi connectivity index (χ4n) is 2.09. The summed E-state index contributed by atoms with van der Waals surface area (Å²) in [6.07, 6.45) is 0. The average Bonchev–Trinajstić information content (AvgIpc) is 2.54. The molecule has 0 bridgehead atoms. The van der Waals surface area contributed by atoms with Crippen molar-refractivity contribution in [1.82, 2.24) is 4.90 Å². The minimum absolute atomic E-state index is 0.0154. The zero-order valence-corrected chi connectivity index (χ0v) is 14.3. The van der Waals surface area contributed by atoms with Gasteiger partial charge in [0.1, 0.15) is 5.75 Å². The van der Waals surface area contributed by atoms with Gasteiger partial charge >= 0.3 is 0 Å². The number of rotatable bonds is 6. The minimum Gasteiger partial charge on any atom is -0.496 e. The number of para-hydroxylation sites is 2. The van der Waals surface area contributed by atoms with E-state index in [9.17, 15) is 4.79 Å². The third kappa shape index (κ3) is 4.24. The first-order valence-corrected chi connectivity index (χ1v) is 7.75. The Hall–Kier alpha value is -2.01. The van der Waals surface area contributed by atoms with Crippen LogP contribution in [0.5, 0.6) is 5.75 Å². The largest absolute Gasteiger partial charge is 0.496 e. The van der Waals surface area contributed by atoms with Gasteiger partial charge in [0.05, 0.1) is 13.7 Å². The molecule has 0 atom stereocenters. The van der Waals surface area contributed by atoms with Crippen LogP contribution >= 0.6 is 15.9 Å². The van der Waals surface area contributed by atoms with Gasteiger partial charge in [-0.3, -0.25) is 4.79 Å². The van der Waals surface area contributed by atoms with Gasteiger partial charge in [-0.2, -0.15) is 0 Å². The molecule has 0 heterocycles. The summed E-state index contributed by atoms with van der Waals surface area (Å²) in [4.78, 5) is 13.9. The topological polar surface area (TPSA) is 41.6 Å². The number of hydrogen-bond donors (Lipinski definition) is 1. The Balaban J connectivity index is 1.94. The number of hydrogen-bond acceptors (Lipinski definition) is 3. The molecule has 0 saturated carbocycles. The van der Waals surface area contributed by atoms with E-state index in [-0.39, 0.29) is 12.5 Å². The van der Waals surface area contributed by atoms with Crippen LogP contribution in [0.3, 0.4) is 0 Å². The number of nitrogens with zero attached hydrogens (tertiary/aromatic N) is 1. The maximum atomic E-state index is 12.2. The van der Waals surface area contributed by atoms with Crippen LogP contribution in [0.15, 0.2) is 53.0 Å². The van der Waals surface area contributed by atoms with Gasteiger partial charge in [-0.05, 0) is 34.1 Å². The molecule has 0 fully saturated rings.